The van der Waals surface area contributed by atoms with Crippen molar-refractivity contribution >= 4 is 23.2 Å². The van der Waals surface area contributed by atoms with E-state index in [1.54, 1.807) is 0 Å². The van der Waals surface area contributed by atoms with Crippen molar-refractivity contribution in [2.75, 3.05) is 12.5 Å². The van der Waals surface area contributed by atoms with Gasteiger partial charge in [-0.3, -0.25) is 0 Å². The third-order valence-corrected chi connectivity index (χ3v) is 2.25. The fourth-order valence-electron chi connectivity index (χ4n) is 0.769. The Labute approximate surface area is 58.9 Å². The Kier molecular flexibility index (Phi) is 2.02. The van der Waals surface area contributed by atoms with Gasteiger partial charge in [-0.15, -0.1) is 11.6 Å². The first-order chi connectivity index (χ1) is 3.77. The van der Waals surface area contributed by atoms with Crippen LogP contribution in [0, 0.1) is 0 Å². The SMILES string of the molecule is ClCC1(Cl)CCCO1. The predicted octanol–water partition coefficient (Wildman–Crippen LogP) is 1.97. The van der Waals surface area contributed by atoms with Crippen molar-refractivity contribution in [2.45, 2.75) is 17.9 Å². The molecule has 0 bridgehead atoms. The van der Waals surface area contributed by atoms with E-state index in [1.165, 1.54) is 0 Å². The van der Waals surface area contributed by atoms with Gasteiger partial charge >= 0.3 is 0 Å². The molecule has 1 nitrogen and oxygen atoms in total. The van der Waals surface area contributed by atoms with Gasteiger partial charge in [0.2, 0.25) is 0 Å². The van der Waals surface area contributed by atoms with E-state index >= 15 is 0 Å². The minimum atomic E-state index is -0.526. The van der Waals surface area contributed by atoms with Gasteiger partial charge in [-0.2, -0.15) is 0 Å². The molecule has 1 saturated heterocycles. The number of alkyl halides is 2. The highest BCUT2D eigenvalue weighted by Gasteiger charge is 2.31. The van der Waals surface area contributed by atoms with Crippen molar-refractivity contribution in [3.63, 3.8) is 0 Å². The fraction of sp³-hybridized carbons (Fsp3) is 1.00. The van der Waals surface area contributed by atoms with Crippen LogP contribution in [0.3, 0.4) is 0 Å². The average molecular weight is 155 g/mol. The van der Waals surface area contributed by atoms with Crippen LogP contribution in [0.2, 0.25) is 0 Å². The van der Waals surface area contributed by atoms with Crippen molar-refractivity contribution in [3.8, 4) is 0 Å². The first-order valence-corrected chi connectivity index (χ1v) is 3.57. The van der Waals surface area contributed by atoms with E-state index in [9.17, 15) is 0 Å². The molecule has 0 aromatic heterocycles. The lowest BCUT2D eigenvalue weighted by Gasteiger charge is -2.14. The largest absolute Gasteiger partial charge is 0.359 e. The van der Waals surface area contributed by atoms with Gasteiger partial charge < -0.3 is 4.74 Å². The Morgan fingerprint density at radius 3 is 2.62 bits per heavy atom. The minimum Gasteiger partial charge on any atom is -0.359 e. The molecule has 3 heteroatoms. The van der Waals surface area contributed by atoms with E-state index in [4.69, 9.17) is 27.9 Å². The fourth-order valence-corrected chi connectivity index (χ4v) is 1.19. The molecule has 0 aromatic carbocycles. The first kappa shape index (κ1) is 6.66. The Balaban J connectivity index is 2.40. The molecule has 0 amide bonds. The molecular weight excluding hydrogens is 147 g/mol. The van der Waals surface area contributed by atoms with Crippen molar-refractivity contribution in [3.05, 3.63) is 0 Å². The van der Waals surface area contributed by atoms with Gasteiger partial charge in [-0.25, -0.2) is 0 Å². The van der Waals surface area contributed by atoms with E-state index in [2.05, 4.69) is 0 Å². The highest BCUT2D eigenvalue weighted by Crippen LogP contribution is 2.30. The zero-order valence-electron chi connectivity index (χ0n) is 4.49. The second-order valence-corrected chi connectivity index (χ2v) is 2.92. The van der Waals surface area contributed by atoms with Crippen molar-refractivity contribution in [1.29, 1.82) is 0 Å². The van der Waals surface area contributed by atoms with Gasteiger partial charge in [-0.05, 0) is 12.8 Å². The quantitative estimate of drug-likeness (QED) is 0.526. The highest BCUT2D eigenvalue weighted by atomic mass is 35.5. The third kappa shape index (κ3) is 1.28. The molecule has 0 radical (unpaired) electrons. The maximum atomic E-state index is 5.80. The van der Waals surface area contributed by atoms with E-state index in [0.717, 1.165) is 19.4 Å². The molecule has 1 rings (SSSR count). The lowest BCUT2D eigenvalue weighted by atomic mass is 10.3. The summed E-state index contributed by atoms with van der Waals surface area (Å²) in [5.74, 6) is 0.397. The maximum Gasteiger partial charge on any atom is 0.155 e. The van der Waals surface area contributed by atoms with Gasteiger partial charge in [0.05, 0.1) is 5.88 Å². The van der Waals surface area contributed by atoms with Gasteiger partial charge in [0.25, 0.3) is 0 Å². The van der Waals surface area contributed by atoms with Crippen LogP contribution in [-0.4, -0.2) is 17.5 Å². The molecule has 1 heterocycles. The zero-order valence-corrected chi connectivity index (χ0v) is 6.00. The molecule has 0 spiro atoms. The van der Waals surface area contributed by atoms with Crippen LogP contribution >= 0.6 is 23.2 Å². The summed E-state index contributed by atoms with van der Waals surface area (Å²) < 4.78 is 5.12. The number of ether oxygens (including phenoxy) is 1. The van der Waals surface area contributed by atoms with Crippen molar-refractivity contribution in [1.82, 2.24) is 0 Å². The van der Waals surface area contributed by atoms with Crippen LogP contribution in [0.1, 0.15) is 12.8 Å². The van der Waals surface area contributed by atoms with Gasteiger partial charge in [0.15, 0.2) is 5.06 Å². The van der Waals surface area contributed by atoms with Crippen LogP contribution in [0.25, 0.3) is 0 Å². The summed E-state index contributed by atoms with van der Waals surface area (Å²) in [5, 5.41) is -0.526. The summed E-state index contributed by atoms with van der Waals surface area (Å²) in [6, 6.07) is 0. The second-order valence-electron chi connectivity index (χ2n) is 1.97. The Morgan fingerprint density at radius 2 is 2.38 bits per heavy atom. The third-order valence-electron chi connectivity index (χ3n) is 1.25. The number of hydrogen-bond donors (Lipinski definition) is 0. The highest BCUT2D eigenvalue weighted by molar-refractivity contribution is 6.30. The molecule has 8 heavy (non-hydrogen) atoms. The summed E-state index contributed by atoms with van der Waals surface area (Å²) in [6.45, 7) is 0.760. The molecular formula is C5H8Cl2O. The Bertz CT molecular complexity index is 78.5. The number of rotatable bonds is 1. The van der Waals surface area contributed by atoms with E-state index < -0.39 is 5.06 Å². The topological polar surface area (TPSA) is 9.23 Å². The van der Waals surface area contributed by atoms with E-state index in [1.807, 2.05) is 0 Å². The molecule has 1 unspecified atom stereocenters. The van der Waals surface area contributed by atoms with Crippen LogP contribution in [0.4, 0.5) is 0 Å². The average Bonchev–Trinajstić information content (AvgIpc) is 2.17. The summed E-state index contributed by atoms with van der Waals surface area (Å²) in [5.41, 5.74) is 0. The van der Waals surface area contributed by atoms with Crippen LogP contribution in [0.5, 0.6) is 0 Å². The molecule has 1 aliphatic heterocycles. The van der Waals surface area contributed by atoms with Gasteiger partial charge in [-0.1, -0.05) is 11.6 Å². The molecule has 1 fully saturated rings. The van der Waals surface area contributed by atoms with E-state index in [0.29, 0.717) is 5.88 Å². The lowest BCUT2D eigenvalue weighted by Crippen LogP contribution is -2.20. The zero-order chi connectivity index (χ0) is 6.04. The predicted molar refractivity (Wildman–Crippen MR) is 34.5 cm³/mol. The Morgan fingerprint density at radius 1 is 1.62 bits per heavy atom. The lowest BCUT2D eigenvalue weighted by molar-refractivity contribution is 0.0931. The molecule has 1 aliphatic rings. The molecule has 48 valence electrons. The first-order valence-electron chi connectivity index (χ1n) is 2.66. The van der Waals surface area contributed by atoms with Crippen LogP contribution in [0.15, 0.2) is 0 Å². The molecule has 0 aliphatic carbocycles. The van der Waals surface area contributed by atoms with E-state index in [-0.39, 0.29) is 0 Å². The minimum absolute atomic E-state index is 0.397. The van der Waals surface area contributed by atoms with Gasteiger partial charge in [0, 0.05) is 6.61 Å². The van der Waals surface area contributed by atoms with Gasteiger partial charge in [0.1, 0.15) is 0 Å². The maximum absolute atomic E-state index is 5.80. The van der Waals surface area contributed by atoms with Crippen LogP contribution < -0.4 is 0 Å². The summed E-state index contributed by atoms with van der Waals surface area (Å²) in [6.07, 6.45) is 1.92. The number of hydrogen-bond acceptors (Lipinski definition) is 1. The summed E-state index contributed by atoms with van der Waals surface area (Å²) in [7, 11) is 0. The second kappa shape index (κ2) is 2.42. The molecule has 0 saturated carbocycles. The monoisotopic (exact) mass is 154 g/mol. The van der Waals surface area contributed by atoms with Crippen molar-refractivity contribution in [2.24, 2.45) is 0 Å². The normalized spacial score (nSPS) is 38.2. The van der Waals surface area contributed by atoms with Crippen molar-refractivity contribution < 1.29 is 4.74 Å². The molecule has 1 atom stereocenters. The summed E-state index contributed by atoms with van der Waals surface area (Å²) in [4.78, 5) is 0. The molecule has 0 aromatic rings. The summed E-state index contributed by atoms with van der Waals surface area (Å²) >= 11 is 11.3. The number of halogens is 2. The smallest absolute Gasteiger partial charge is 0.155 e. The van der Waals surface area contributed by atoms with Crippen LogP contribution in [-0.2, 0) is 4.74 Å². The standard InChI is InChI=1S/C5H8Cl2O/c6-4-5(7)2-1-3-8-5/h1-4H2. The Hall–Kier alpha value is 0.540. The molecule has 0 N–H and O–H groups in total.